The lowest BCUT2D eigenvalue weighted by Gasteiger charge is -2.17. The molecule has 1 atom stereocenters. The zero-order chi connectivity index (χ0) is 15.2. The molecule has 2 rings (SSSR count). The Hall–Kier alpha value is -1.29. The molecule has 0 fully saturated rings. The first-order chi connectivity index (χ1) is 10.1. The topological polar surface area (TPSA) is 21.3 Å². The second-order valence-electron chi connectivity index (χ2n) is 4.59. The van der Waals surface area contributed by atoms with Crippen LogP contribution in [-0.4, -0.2) is 13.2 Å². The highest BCUT2D eigenvalue weighted by Gasteiger charge is 2.16. The maximum Gasteiger partial charge on any atom is 0.142 e. The van der Waals surface area contributed by atoms with E-state index < -0.39 is 5.82 Å². The van der Waals surface area contributed by atoms with Crippen LogP contribution < -0.4 is 10.1 Å². The lowest BCUT2D eigenvalue weighted by molar-refractivity contribution is 0.307. The molecule has 0 amide bonds. The fourth-order valence-electron chi connectivity index (χ4n) is 2.00. The molecule has 0 aliphatic heterocycles. The lowest BCUT2D eigenvalue weighted by atomic mass is 10.1. The van der Waals surface area contributed by atoms with Crippen LogP contribution in [0.15, 0.2) is 42.5 Å². The summed E-state index contributed by atoms with van der Waals surface area (Å²) in [7, 11) is 0. The quantitative estimate of drug-likeness (QED) is 0.604. The average molecular weight is 328 g/mol. The van der Waals surface area contributed by atoms with Crippen molar-refractivity contribution in [1.82, 2.24) is 5.32 Å². The summed E-state index contributed by atoms with van der Waals surface area (Å²) in [5.41, 5.74) is 0.568. The molecule has 21 heavy (non-hydrogen) atoms. The molecule has 0 heterocycles. The van der Waals surface area contributed by atoms with Crippen LogP contribution in [0.1, 0.15) is 18.5 Å². The van der Waals surface area contributed by atoms with E-state index in [2.05, 4.69) is 5.32 Å². The summed E-state index contributed by atoms with van der Waals surface area (Å²) in [5, 5.41) is 3.73. The van der Waals surface area contributed by atoms with Gasteiger partial charge in [-0.3, -0.25) is 0 Å². The van der Waals surface area contributed by atoms with Crippen molar-refractivity contribution < 1.29 is 9.13 Å². The van der Waals surface area contributed by atoms with Crippen LogP contribution in [0.25, 0.3) is 0 Å². The molecule has 2 aromatic carbocycles. The lowest BCUT2D eigenvalue weighted by Crippen LogP contribution is -2.25. The highest BCUT2D eigenvalue weighted by molar-refractivity contribution is 6.36. The molecule has 2 aromatic rings. The van der Waals surface area contributed by atoms with Crippen LogP contribution in [0.5, 0.6) is 5.75 Å². The smallest absolute Gasteiger partial charge is 0.142 e. The van der Waals surface area contributed by atoms with E-state index in [9.17, 15) is 4.39 Å². The maximum absolute atomic E-state index is 13.5. The van der Waals surface area contributed by atoms with Crippen LogP contribution in [-0.2, 0) is 0 Å². The van der Waals surface area contributed by atoms with Crippen molar-refractivity contribution >= 4 is 23.2 Å². The van der Waals surface area contributed by atoms with E-state index in [-0.39, 0.29) is 11.1 Å². The summed E-state index contributed by atoms with van der Waals surface area (Å²) in [5.74, 6) is 0.346. The van der Waals surface area contributed by atoms with E-state index in [1.807, 2.05) is 37.3 Å². The summed E-state index contributed by atoms with van der Waals surface area (Å²) in [6.45, 7) is 2.98. The van der Waals surface area contributed by atoms with Crippen LogP contribution in [0.2, 0.25) is 10.0 Å². The van der Waals surface area contributed by atoms with Gasteiger partial charge >= 0.3 is 0 Å². The number of hydrogen-bond donors (Lipinski definition) is 1. The van der Waals surface area contributed by atoms with Gasteiger partial charge in [-0.25, -0.2) is 4.39 Å². The van der Waals surface area contributed by atoms with Crippen molar-refractivity contribution in [2.75, 3.05) is 13.2 Å². The summed E-state index contributed by atoms with van der Waals surface area (Å²) in [6, 6.07) is 12.2. The minimum Gasteiger partial charge on any atom is -0.492 e. The molecule has 0 saturated carbocycles. The Morgan fingerprint density at radius 1 is 1.14 bits per heavy atom. The van der Waals surface area contributed by atoms with E-state index in [0.717, 1.165) is 5.75 Å². The van der Waals surface area contributed by atoms with Crippen LogP contribution in [0.3, 0.4) is 0 Å². The summed E-state index contributed by atoms with van der Waals surface area (Å²) in [4.78, 5) is 0. The third-order valence-electron chi connectivity index (χ3n) is 3.08. The maximum atomic E-state index is 13.5. The predicted molar refractivity (Wildman–Crippen MR) is 84.8 cm³/mol. The van der Waals surface area contributed by atoms with Crippen molar-refractivity contribution in [3.05, 3.63) is 63.9 Å². The Kier molecular flexibility index (Phi) is 5.85. The van der Waals surface area contributed by atoms with Gasteiger partial charge in [0, 0.05) is 23.2 Å². The first-order valence-electron chi connectivity index (χ1n) is 6.64. The number of nitrogens with one attached hydrogen (secondary N) is 1. The standard InChI is InChI=1S/C16H16Cl2FNO/c1-11(15-13(17)7-8-14(19)16(15)18)20-9-10-21-12-5-3-2-4-6-12/h2-8,11,20H,9-10H2,1H3. The van der Waals surface area contributed by atoms with Crippen LogP contribution in [0.4, 0.5) is 4.39 Å². The number of ether oxygens (including phenoxy) is 1. The Balaban J connectivity index is 1.88. The Morgan fingerprint density at radius 2 is 1.86 bits per heavy atom. The second-order valence-corrected chi connectivity index (χ2v) is 5.38. The summed E-state index contributed by atoms with van der Waals surface area (Å²) >= 11 is 12.1. The van der Waals surface area contributed by atoms with Gasteiger partial charge in [-0.05, 0) is 31.2 Å². The van der Waals surface area contributed by atoms with Gasteiger partial charge in [0.25, 0.3) is 0 Å². The Bertz CT molecular complexity index is 592. The second kappa shape index (κ2) is 7.64. The van der Waals surface area contributed by atoms with Crippen LogP contribution in [0, 0.1) is 5.82 Å². The van der Waals surface area contributed by atoms with E-state index in [1.165, 1.54) is 12.1 Å². The minimum atomic E-state index is -0.467. The average Bonchev–Trinajstić information content (AvgIpc) is 2.49. The summed E-state index contributed by atoms with van der Waals surface area (Å²) < 4.78 is 19.1. The van der Waals surface area contributed by atoms with Gasteiger partial charge in [0.05, 0.1) is 5.02 Å². The van der Waals surface area contributed by atoms with Gasteiger partial charge in [0.2, 0.25) is 0 Å². The van der Waals surface area contributed by atoms with E-state index in [1.54, 1.807) is 0 Å². The molecule has 2 nitrogen and oxygen atoms in total. The first kappa shape index (κ1) is 16.1. The monoisotopic (exact) mass is 327 g/mol. The van der Waals surface area contributed by atoms with Crippen molar-refractivity contribution in [3.8, 4) is 5.75 Å². The fourth-order valence-corrected chi connectivity index (χ4v) is 2.70. The number of para-hydroxylation sites is 1. The van der Waals surface area contributed by atoms with Gasteiger partial charge in [-0.2, -0.15) is 0 Å². The summed E-state index contributed by atoms with van der Waals surface area (Å²) in [6.07, 6.45) is 0. The van der Waals surface area contributed by atoms with Gasteiger partial charge in [0.15, 0.2) is 0 Å². The van der Waals surface area contributed by atoms with E-state index in [0.29, 0.717) is 23.7 Å². The molecule has 0 radical (unpaired) electrons. The third-order valence-corrected chi connectivity index (χ3v) is 3.79. The highest BCUT2D eigenvalue weighted by atomic mass is 35.5. The predicted octanol–water partition coefficient (Wildman–Crippen LogP) is 4.86. The molecule has 0 aliphatic rings. The van der Waals surface area contributed by atoms with E-state index >= 15 is 0 Å². The van der Waals surface area contributed by atoms with Crippen molar-refractivity contribution in [2.24, 2.45) is 0 Å². The van der Waals surface area contributed by atoms with Crippen molar-refractivity contribution in [2.45, 2.75) is 13.0 Å². The number of rotatable bonds is 6. The molecular formula is C16H16Cl2FNO. The van der Waals surface area contributed by atoms with Gasteiger partial charge in [-0.1, -0.05) is 41.4 Å². The molecule has 1 unspecified atom stereocenters. The zero-order valence-corrected chi connectivity index (χ0v) is 13.1. The third kappa shape index (κ3) is 4.34. The molecule has 0 aromatic heterocycles. The molecule has 5 heteroatoms. The SMILES string of the molecule is CC(NCCOc1ccccc1)c1c(Cl)ccc(F)c1Cl. The molecule has 1 N–H and O–H groups in total. The van der Waals surface area contributed by atoms with E-state index in [4.69, 9.17) is 27.9 Å². The number of hydrogen-bond acceptors (Lipinski definition) is 2. The zero-order valence-electron chi connectivity index (χ0n) is 11.6. The minimum absolute atomic E-state index is 0.0616. The van der Waals surface area contributed by atoms with Gasteiger partial charge < -0.3 is 10.1 Å². The Labute approximate surface area is 133 Å². The Morgan fingerprint density at radius 3 is 2.57 bits per heavy atom. The molecule has 112 valence electrons. The largest absolute Gasteiger partial charge is 0.492 e. The number of benzene rings is 2. The molecular weight excluding hydrogens is 312 g/mol. The molecule has 0 saturated heterocycles. The fraction of sp³-hybridized carbons (Fsp3) is 0.250. The van der Waals surface area contributed by atoms with Crippen molar-refractivity contribution in [3.63, 3.8) is 0 Å². The van der Waals surface area contributed by atoms with Crippen LogP contribution >= 0.6 is 23.2 Å². The highest BCUT2D eigenvalue weighted by Crippen LogP contribution is 2.32. The van der Waals surface area contributed by atoms with Crippen molar-refractivity contribution in [1.29, 1.82) is 0 Å². The molecule has 0 aliphatic carbocycles. The van der Waals surface area contributed by atoms with Gasteiger partial charge in [-0.15, -0.1) is 0 Å². The van der Waals surface area contributed by atoms with Gasteiger partial charge in [0.1, 0.15) is 18.2 Å². The molecule has 0 spiro atoms. The first-order valence-corrected chi connectivity index (χ1v) is 7.40. The normalized spacial score (nSPS) is 12.2. The number of halogens is 3. The molecule has 0 bridgehead atoms.